The molecular formula is C16H17BrFNO. The third-order valence-corrected chi connectivity index (χ3v) is 3.29. The predicted octanol–water partition coefficient (Wildman–Crippen LogP) is 4.88. The van der Waals surface area contributed by atoms with Gasteiger partial charge in [-0.2, -0.15) is 0 Å². The van der Waals surface area contributed by atoms with Gasteiger partial charge in [-0.05, 0) is 37.2 Å². The lowest BCUT2D eigenvalue weighted by Gasteiger charge is -2.12. The van der Waals surface area contributed by atoms with E-state index in [4.69, 9.17) is 4.74 Å². The third kappa shape index (κ3) is 4.32. The Balaban J connectivity index is 2.18. The zero-order valence-electron chi connectivity index (χ0n) is 11.3. The van der Waals surface area contributed by atoms with Crippen molar-refractivity contribution in [3.63, 3.8) is 0 Å². The van der Waals surface area contributed by atoms with E-state index < -0.39 is 0 Å². The first-order chi connectivity index (χ1) is 9.69. The van der Waals surface area contributed by atoms with Crippen LogP contribution >= 0.6 is 15.9 Å². The maximum absolute atomic E-state index is 13.2. The first kappa shape index (κ1) is 15.0. The fourth-order valence-electron chi connectivity index (χ4n) is 1.83. The Hall–Kier alpha value is -1.39. The van der Waals surface area contributed by atoms with E-state index in [0.29, 0.717) is 5.75 Å². The molecule has 4 heteroatoms. The molecule has 0 saturated carbocycles. The number of halogens is 2. The van der Waals surface area contributed by atoms with Gasteiger partial charge < -0.3 is 10.1 Å². The number of nitrogens with one attached hydrogen (secondary N) is 1. The summed E-state index contributed by atoms with van der Waals surface area (Å²) < 4.78 is 19.9. The molecular weight excluding hydrogens is 321 g/mol. The lowest BCUT2D eigenvalue weighted by molar-refractivity contribution is 0.467. The third-order valence-electron chi connectivity index (χ3n) is 2.80. The van der Waals surface area contributed by atoms with E-state index in [2.05, 4.69) is 28.2 Å². The van der Waals surface area contributed by atoms with Gasteiger partial charge in [-0.15, -0.1) is 0 Å². The van der Waals surface area contributed by atoms with Crippen LogP contribution < -0.4 is 10.1 Å². The molecule has 0 aromatic heterocycles. The van der Waals surface area contributed by atoms with Gasteiger partial charge in [0, 0.05) is 22.6 Å². The fraction of sp³-hybridized carbons (Fsp3) is 0.250. The molecule has 0 bridgehead atoms. The lowest BCUT2D eigenvalue weighted by Crippen LogP contribution is -2.14. The van der Waals surface area contributed by atoms with Gasteiger partial charge in [0.15, 0.2) is 0 Å². The summed E-state index contributed by atoms with van der Waals surface area (Å²) in [5, 5.41) is 3.34. The van der Waals surface area contributed by atoms with E-state index in [9.17, 15) is 4.39 Å². The highest BCUT2D eigenvalue weighted by Crippen LogP contribution is 2.29. The summed E-state index contributed by atoms with van der Waals surface area (Å²) in [7, 11) is 0. The molecule has 0 atom stereocenters. The van der Waals surface area contributed by atoms with Crippen molar-refractivity contribution in [2.24, 2.45) is 0 Å². The Morgan fingerprint density at radius 1 is 1.20 bits per heavy atom. The molecule has 2 aromatic rings. The van der Waals surface area contributed by atoms with Crippen molar-refractivity contribution < 1.29 is 9.13 Å². The van der Waals surface area contributed by atoms with Gasteiger partial charge in [0.2, 0.25) is 0 Å². The lowest BCUT2D eigenvalue weighted by atomic mass is 10.2. The minimum Gasteiger partial charge on any atom is -0.457 e. The molecule has 0 heterocycles. The topological polar surface area (TPSA) is 21.3 Å². The maximum atomic E-state index is 13.2. The first-order valence-corrected chi connectivity index (χ1v) is 7.41. The molecule has 2 rings (SSSR count). The van der Waals surface area contributed by atoms with Crippen LogP contribution in [-0.4, -0.2) is 6.54 Å². The van der Waals surface area contributed by atoms with Crippen LogP contribution in [0.1, 0.15) is 18.9 Å². The Morgan fingerprint density at radius 3 is 2.80 bits per heavy atom. The number of rotatable bonds is 6. The zero-order valence-corrected chi connectivity index (χ0v) is 12.9. The highest BCUT2D eigenvalue weighted by molar-refractivity contribution is 9.10. The Kier molecular flexibility index (Phi) is 5.56. The van der Waals surface area contributed by atoms with E-state index in [0.717, 1.165) is 35.3 Å². The van der Waals surface area contributed by atoms with Gasteiger partial charge in [0.05, 0.1) is 0 Å². The van der Waals surface area contributed by atoms with E-state index in [1.54, 1.807) is 12.1 Å². The minimum atomic E-state index is -0.303. The fourth-order valence-corrected chi connectivity index (χ4v) is 2.17. The molecule has 0 fully saturated rings. The molecule has 2 nitrogen and oxygen atoms in total. The highest BCUT2D eigenvalue weighted by Gasteiger charge is 2.06. The summed E-state index contributed by atoms with van der Waals surface area (Å²) in [5.74, 6) is 0.927. The van der Waals surface area contributed by atoms with Gasteiger partial charge in [-0.3, -0.25) is 0 Å². The first-order valence-electron chi connectivity index (χ1n) is 6.61. The summed E-state index contributed by atoms with van der Waals surface area (Å²) in [4.78, 5) is 0. The van der Waals surface area contributed by atoms with Crippen molar-refractivity contribution in [2.75, 3.05) is 6.54 Å². The van der Waals surface area contributed by atoms with Crippen LogP contribution in [0.4, 0.5) is 4.39 Å². The van der Waals surface area contributed by atoms with Crippen molar-refractivity contribution >= 4 is 15.9 Å². The number of ether oxygens (including phenoxy) is 1. The number of hydrogen-bond donors (Lipinski definition) is 1. The van der Waals surface area contributed by atoms with Crippen LogP contribution in [0, 0.1) is 5.82 Å². The largest absolute Gasteiger partial charge is 0.457 e. The van der Waals surface area contributed by atoms with Crippen LogP contribution in [0.2, 0.25) is 0 Å². The second-order valence-electron chi connectivity index (χ2n) is 4.49. The van der Waals surface area contributed by atoms with Crippen molar-refractivity contribution in [3.05, 3.63) is 58.3 Å². The predicted molar refractivity (Wildman–Crippen MR) is 82.6 cm³/mol. The van der Waals surface area contributed by atoms with Crippen molar-refractivity contribution in [1.82, 2.24) is 5.32 Å². The molecule has 106 valence electrons. The Morgan fingerprint density at radius 2 is 2.05 bits per heavy atom. The van der Waals surface area contributed by atoms with Gasteiger partial charge in [-0.1, -0.05) is 35.0 Å². The van der Waals surface area contributed by atoms with Crippen molar-refractivity contribution in [2.45, 2.75) is 19.9 Å². The smallest absolute Gasteiger partial charge is 0.133 e. The molecule has 0 aliphatic carbocycles. The normalized spacial score (nSPS) is 10.6. The molecule has 0 radical (unpaired) electrons. The van der Waals surface area contributed by atoms with Crippen LogP contribution in [0.3, 0.4) is 0 Å². The van der Waals surface area contributed by atoms with Crippen molar-refractivity contribution in [3.8, 4) is 11.5 Å². The van der Waals surface area contributed by atoms with Gasteiger partial charge in [-0.25, -0.2) is 4.39 Å². The van der Waals surface area contributed by atoms with E-state index in [1.165, 1.54) is 12.1 Å². The molecule has 0 aliphatic heterocycles. The summed E-state index contributed by atoms with van der Waals surface area (Å²) in [5.41, 5.74) is 1.05. The van der Waals surface area contributed by atoms with Crippen LogP contribution in [0.25, 0.3) is 0 Å². The molecule has 0 spiro atoms. The van der Waals surface area contributed by atoms with E-state index in [1.807, 2.05) is 18.2 Å². The molecule has 20 heavy (non-hydrogen) atoms. The summed E-state index contributed by atoms with van der Waals surface area (Å²) in [6.45, 7) is 3.81. The van der Waals surface area contributed by atoms with Crippen molar-refractivity contribution in [1.29, 1.82) is 0 Å². The Bertz CT molecular complexity index is 574. The Labute approximate surface area is 127 Å². The summed E-state index contributed by atoms with van der Waals surface area (Å²) >= 11 is 3.43. The zero-order chi connectivity index (χ0) is 14.4. The summed E-state index contributed by atoms with van der Waals surface area (Å²) in [6.07, 6.45) is 1.08. The SMILES string of the molecule is CCCNCc1ccc(Br)cc1Oc1cccc(F)c1. The van der Waals surface area contributed by atoms with Gasteiger partial charge >= 0.3 is 0 Å². The average Bonchev–Trinajstić information content (AvgIpc) is 2.41. The van der Waals surface area contributed by atoms with Gasteiger partial charge in [0.1, 0.15) is 17.3 Å². The quantitative estimate of drug-likeness (QED) is 0.758. The maximum Gasteiger partial charge on any atom is 0.133 e. The van der Waals surface area contributed by atoms with Crippen LogP contribution in [-0.2, 0) is 6.54 Å². The van der Waals surface area contributed by atoms with E-state index in [-0.39, 0.29) is 5.82 Å². The van der Waals surface area contributed by atoms with E-state index >= 15 is 0 Å². The molecule has 0 unspecified atom stereocenters. The minimum absolute atomic E-state index is 0.303. The molecule has 0 amide bonds. The number of benzene rings is 2. The number of hydrogen-bond acceptors (Lipinski definition) is 2. The van der Waals surface area contributed by atoms with Crippen LogP contribution in [0.5, 0.6) is 11.5 Å². The summed E-state index contributed by atoms with van der Waals surface area (Å²) in [6, 6.07) is 12.0. The highest BCUT2D eigenvalue weighted by atomic mass is 79.9. The van der Waals surface area contributed by atoms with Gasteiger partial charge in [0.25, 0.3) is 0 Å². The molecule has 2 aromatic carbocycles. The molecule has 0 aliphatic rings. The molecule has 0 saturated heterocycles. The average molecular weight is 338 g/mol. The standard InChI is InChI=1S/C16H17BrFNO/c1-2-8-19-11-12-6-7-13(17)9-16(12)20-15-5-3-4-14(18)10-15/h3-7,9-10,19H,2,8,11H2,1H3. The van der Waals surface area contributed by atoms with Crippen LogP contribution in [0.15, 0.2) is 46.9 Å². The second-order valence-corrected chi connectivity index (χ2v) is 5.40. The monoisotopic (exact) mass is 337 g/mol. The molecule has 1 N–H and O–H groups in total. The second kappa shape index (κ2) is 7.41.